The summed E-state index contributed by atoms with van der Waals surface area (Å²) in [6.45, 7) is -0.244. The molecule has 2 fully saturated rings. The van der Waals surface area contributed by atoms with Crippen LogP contribution < -0.4 is 0 Å². The molecule has 0 spiro atoms. The molecule has 35 heavy (non-hydrogen) atoms. The lowest BCUT2D eigenvalue weighted by atomic mass is 9.81. The predicted molar refractivity (Wildman–Crippen MR) is 130 cm³/mol. The number of hydrogen-bond acceptors (Lipinski definition) is 7. The molecule has 1 aliphatic heterocycles. The van der Waals surface area contributed by atoms with Crippen molar-refractivity contribution in [1.82, 2.24) is 10.0 Å². The zero-order valence-corrected chi connectivity index (χ0v) is 21.1. The molecule has 0 radical (unpaired) electrons. The molecule has 1 heterocycles. The molecule has 2 aliphatic rings. The number of amides is 3. The van der Waals surface area contributed by atoms with Crippen LogP contribution >= 0.6 is 31.9 Å². The number of alkyl halides is 2. The summed E-state index contributed by atoms with van der Waals surface area (Å²) in [4.78, 5) is 61.2. The minimum absolute atomic E-state index is 0.0314. The minimum atomic E-state index is -0.779. The maximum Gasteiger partial charge on any atom is 0.273 e. The summed E-state index contributed by atoms with van der Waals surface area (Å²) >= 11 is 7.05. The van der Waals surface area contributed by atoms with Gasteiger partial charge < -0.3 is 0 Å². The molecule has 0 aromatic heterocycles. The molecule has 2 aromatic carbocycles. The van der Waals surface area contributed by atoms with Crippen molar-refractivity contribution in [3.05, 3.63) is 79.9 Å². The molecule has 1 saturated carbocycles. The van der Waals surface area contributed by atoms with E-state index in [0.29, 0.717) is 18.4 Å². The molecule has 1 saturated heterocycles. The van der Waals surface area contributed by atoms with E-state index < -0.39 is 39.4 Å². The maximum absolute atomic E-state index is 13.5. The number of fused-ring (bicyclic) bond motifs is 1. The summed E-state index contributed by atoms with van der Waals surface area (Å²) in [5, 5.41) is 24.0. The van der Waals surface area contributed by atoms with E-state index in [1.165, 1.54) is 42.5 Å². The molecular weight excluding hydrogens is 592 g/mol. The van der Waals surface area contributed by atoms with Crippen molar-refractivity contribution in [1.29, 1.82) is 0 Å². The van der Waals surface area contributed by atoms with Gasteiger partial charge in [0.2, 0.25) is 0 Å². The standard InChI is InChI=1S/C22H18Br2N4O7/c23-18-9-16-17(10-19(18)24)22(31)26(21(16)30)25(11-12-4-6-14(7-5-12)27(32)33)20(29)13-2-1-3-15(8-13)28(34)35/h1-8,16-19H,9-11H2/t16-,17+,18-,19-/m0/s1. The lowest BCUT2D eigenvalue weighted by molar-refractivity contribution is -0.385. The number of carbonyl (C=O) groups is 3. The Morgan fingerprint density at radius 1 is 0.914 bits per heavy atom. The smallest absolute Gasteiger partial charge is 0.272 e. The van der Waals surface area contributed by atoms with Gasteiger partial charge in [0.15, 0.2) is 0 Å². The highest BCUT2D eigenvalue weighted by Gasteiger charge is 2.54. The molecule has 0 N–H and O–H groups in total. The van der Waals surface area contributed by atoms with Crippen LogP contribution in [0, 0.1) is 32.1 Å². The van der Waals surface area contributed by atoms with Crippen molar-refractivity contribution in [3.63, 3.8) is 0 Å². The van der Waals surface area contributed by atoms with Crippen LogP contribution in [0.5, 0.6) is 0 Å². The van der Waals surface area contributed by atoms with E-state index in [2.05, 4.69) is 31.9 Å². The van der Waals surface area contributed by atoms with Gasteiger partial charge in [-0.05, 0) is 24.5 Å². The Morgan fingerprint density at radius 2 is 1.46 bits per heavy atom. The summed E-state index contributed by atoms with van der Waals surface area (Å²) in [6.07, 6.45) is 0.802. The zero-order valence-electron chi connectivity index (χ0n) is 18.0. The van der Waals surface area contributed by atoms with E-state index in [-0.39, 0.29) is 33.1 Å². The summed E-state index contributed by atoms with van der Waals surface area (Å²) in [7, 11) is 0. The largest absolute Gasteiger partial charge is 0.273 e. The van der Waals surface area contributed by atoms with E-state index in [1.807, 2.05) is 0 Å². The van der Waals surface area contributed by atoms with Crippen LogP contribution in [0.1, 0.15) is 28.8 Å². The highest BCUT2D eigenvalue weighted by Crippen LogP contribution is 2.44. The normalized spacial score (nSPS) is 23.7. The number of nitro groups is 2. The molecule has 4 atom stereocenters. The number of halogens is 2. The molecule has 2 aromatic rings. The fourth-order valence-corrected chi connectivity index (χ4v) is 5.58. The quantitative estimate of drug-likeness (QED) is 0.208. The molecule has 11 nitrogen and oxygen atoms in total. The van der Waals surface area contributed by atoms with E-state index in [1.54, 1.807) is 0 Å². The van der Waals surface area contributed by atoms with E-state index >= 15 is 0 Å². The first kappa shape index (κ1) is 24.9. The molecule has 0 bridgehead atoms. The third kappa shape index (κ3) is 4.82. The number of hydrogen-bond donors (Lipinski definition) is 0. The maximum atomic E-state index is 13.5. The lowest BCUT2D eigenvalue weighted by Gasteiger charge is -2.30. The Morgan fingerprint density at radius 3 is 1.97 bits per heavy atom. The topological polar surface area (TPSA) is 144 Å². The second-order valence-corrected chi connectivity index (χ2v) is 10.7. The van der Waals surface area contributed by atoms with Crippen molar-refractivity contribution in [2.75, 3.05) is 0 Å². The Labute approximate surface area is 215 Å². The van der Waals surface area contributed by atoms with Gasteiger partial charge in [-0.25, -0.2) is 5.01 Å². The van der Waals surface area contributed by atoms with Crippen molar-refractivity contribution in [2.24, 2.45) is 11.8 Å². The minimum Gasteiger partial charge on any atom is -0.272 e. The average Bonchev–Trinajstić information content (AvgIpc) is 3.06. The third-order valence-electron chi connectivity index (χ3n) is 6.15. The highest BCUT2D eigenvalue weighted by molar-refractivity contribution is 9.12. The van der Waals surface area contributed by atoms with E-state index in [4.69, 9.17) is 0 Å². The van der Waals surface area contributed by atoms with Crippen molar-refractivity contribution < 1.29 is 24.2 Å². The fourth-order valence-electron chi connectivity index (χ4n) is 4.35. The fraction of sp³-hybridized carbons (Fsp3) is 0.318. The van der Waals surface area contributed by atoms with Crippen LogP contribution in [-0.4, -0.2) is 47.2 Å². The molecule has 3 amide bonds. The molecular formula is C22H18Br2N4O7. The zero-order chi connectivity index (χ0) is 25.4. The van der Waals surface area contributed by atoms with Gasteiger partial charge in [0.1, 0.15) is 0 Å². The van der Waals surface area contributed by atoms with Gasteiger partial charge >= 0.3 is 0 Å². The van der Waals surface area contributed by atoms with Gasteiger partial charge in [0, 0.05) is 39.5 Å². The van der Waals surface area contributed by atoms with Gasteiger partial charge in [0.25, 0.3) is 29.1 Å². The predicted octanol–water partition coefficient (Wildman–Crippen LogP) is 3.98. The van der Waals surface area contributed by atoms with Gasteiger partial charge in [0.05, 0.1) is 28.2 Å². The molecule has 13 heteroatoms. The summed E-state index contributed by atoms with van der Waals surface area (Å²) in [5.41, 5.74) is -0.116. The first-order chi connectivity index (χ1) is 16.6. The summed E-state index contributed by atoms with van der Waals surface area (Å²) in [5.74, 6) is -3.05. The lowest BCUT2D eigenvalue weighted by Crippen LogP contribution is -2.49. The molecule has 182 valence electrons. The number of hydrazine groups is 1. The Kier molecular flexibility index (Phi) is 6.99. The van der Waals surface area contributed by atoms with Crippen molar-refractivity contribution in [3.8, 4) is 0 Å². The number of benzene rings is 2. The van der Waals surface area contributed by atoms with Gasteiger partial charge in [-0.15, -0.1) is 0 Å². The monoisotopic (exact) mass is 608 g/mol. The Hall–Kier alpha value is -3.19. The number of imide groups is 1. The second kappa shape index (κ2) is 9.82. The van der Waals surface area contributed by atoms with Crippen LogP contribution in [0.3, 0.4) is 0 Å². The van der Waals surface area contributed by atoms with Crippen LogP contribution in [0.4, 0.5) is 11.4 Å². The summed E-state index contributed by atoms with van der Waals surface area (Å²) in [6, 6.07) is 10.4. The number of rotatable bonds is 6. The highest BCUT2D eigenvalue weighted by atomic mass is 79.9. The van der Waals surface area contributed by atoms with Gasteiger partial charge in [-0.3, -0.25) is 34.6 Å². The number of nitrogens with zero attached hydrogens (tertiary/aromatic N) is 4. The van der Waals surface area contributed by atoms with Crippen LogP contribution in [-0.2, 0) is 16.1 Å². The molecule has 0 unspecified atom stereocenters. The first-order valence-corrected chi connectivity index (χ1v) is 12.4. The Bertz CT molecular complexity index is 1190. The molecule has 1 aliphatic carbocycles. The third-order valence-corrected chi connectivity index (χ3v) is 8.88. The van der Waals surface area contributed by atoms with E-state index in [0.717, 1.165) is 16.1 Å². The second-order valence-electron chi connectivity index (χ2n) is 8.30. The van der Waals surface area contributed by atoms with Crippen molar-refractivity contribution >= 4 is 61.0 Å². The Balaban J connectivity index is 1.72. The average molecular weight is 610 g/mol. The van der Waals surface area contributed by atoms with Crippen LogP contribution in [0.2, 0.25) is 0 Å². The van der Waals surface area contributed by atoms with Crippen LogP contribution in [0.25, 0.3) is 0 Å². The SMILES string of the molecule is O=C(c1cccc([N+](=O)[O-])c1)N(Cc1ccc([N+](=O)[O-])cc1)N1C(=O)[C@H]2C[C@H](Br)[C@@H](Br)C[C@H]2C1=O. The number of non-ortho nitro benzene ring substituents is 2. The van der Waals surface area contributed by atoms with Crippen molar-refractivity contribution in [2.45, 2.75) is 29.0 Å². The van der Waals surface area contributed by atoms with Gasteiger partial charge in [-0.2, -0.15) is 5.01 Å². The summed E-state index contributed by atoms with van der Waals surface area (Å²) < 4.78 is 0. The van der Waals surface area contributed by atoms with Crippen LogP contribution in [0.15, 0.2) is 48.5 Å². The number of carbonyl (C=O) groups excluding carboxylic acids is 3. The molecule has 4 rings (SSSR count). The van der Waals surface area contributed by atoms with Gasteiger partial charge in [-0.1, -0.05) is 50.1 Å². The first-order valence-electron chi connectivity index (χ1n) is 10.5. The number of nitro benzene ring substituents is 2. The van der Waals surface area contributed by atoms with E-state index in [9.17, 15) is 34.6 Å².